The van der Waals surface area contributed by atoms with Crippen molar-refractivity contribution in [3.63, 3.8) is 0 Å². The van der Waals surface area contributed by atoms with E-state index in [1.807, 2.05) is 36.4 Å². The summed E-state index contributed by atoms with van der Waals surface area (Å²) in [6.07, 6.45) is 1.78. The molecule has 0 saturated carbocycles. The molecule has 0 atom stereocenters. The Bertz CT molecular complexity index is 904. The Morgan fingerprint density at radius 2 is 1.96 bits per heavy atom. The molecule has 0 fully saturated rings. The fourth-order valence-corrected chi connectivity index (χ4v) is 2.56. The second-order valence-electron chi connectivity index (χ2n) is 5.37. The van der Waals surface area contributed by atoms with Crippen molar-refractivity contribution in [3.8, 4) is 11.5 Å². The van der Waals surface area contributed by atoms with Crippen LogP contribution in [0.4, 0.5) is 5.69 Å². The molecule has 0 bridgehead atoms. The van der Waals surface area contributed by atoms with Crippen LogP contribution in [-0.2, 0) is 6.54 Å². The number of aromatic nitrogens is 1. The van der Waals surface area contributed by atoms with E-state index in [1.54, 1.807) is 32.5 Å². The van der Waals surface area contributed by atoms with Crippen LogP contribution in [0.3, 0.4) is 0 Å². The van der Waals surface area contributed by atoms with Crippen LogP contribution in [0.5, 0.6) is 11.5 Å². The summed E-state index contributed by atoms with van der Waals surface area (Å²) in [6, 6.07) is 15.5. The molecule has 6 nitrogen and oxygen atoms in total. The standard InChI is InChI=1S/C19H20N4O2/c1-24-14-7-8-18(25-2)16(11-14)23-19(20)22-12-17-15-6-4-3-5-13(15)9-10-21-17/h3-11H,12H2,1-2H3,(H3,20,22,23). The number of hydrogen-bond donors (Lipinski definition) is 2. The molecule has 3 N–H and O–H groups in total. The van der Waals surface area contributed by atoms with E-state index >= 15 is 0 Å². The topological polar surface area (TPSA) is 81.8 Å². The molecule has 0 spiro atoms. The van der Waals surface area contributed by atoms with Crippen molar-refractivity contribution in [1.82, 2.24) is 4.98 Å². The molecule has 0 aliphatic carbocycles. The zero-order chi connectivity index (χ0) is 17.6. The third-order valence-electron chi connectivity index (χ3n) is 3.82. The summed E-state index contributed by atoms with van der Waals surface area (Å²) < 4.78 is 10.6. The van der Waals surface area contributed by atoms with Crippen molar-refractivity contribution in [2.24, 2.45) is 10.7 Å². The Morgan fingerprint density at radius 1 is 1.12 bits per heavy atom. The quantitative estimate of drug-likeness (QED) is 0.552. The minimum atomic E-state index is 0.279. The molecule has 6 heteroatoms. The van der Waals surface area contributed by atoms with Crippen molar-refractivity contribution < 1.29 is 9.47 Å². The number of hydrogen-bond acceptors (Lipinski definition) is 4. The monoisotopic (exact) mass is 336 g/mol. The van der Waals surface area contributed by atoms with Crippen LogP contribution in [0.25, 0.3) is 10.8 Å². The predicted molar refractivity (Wildman–Crippen MR) is 100 cm³/mol. The first-order valence-corrected chi connectivity index (χ1v) is 7.83. The summed E-state index contributed by atoms with van der Waals surface area (Å²) in [4.78, 5) is 8.81. The van der Waals surface area contributed by atoms with Gasteiger partial charge in [-0.25, -0.2) is 4.99 Å². The van der Waals surface area contributed by atoms with Gasteiger partial charge in [-0.3, -0.25) is 4.98 Å². The number of nitrogens with zero attached hydrogens (tertiary/aromatic N) is 2. The van der Waals surface area contributed by atoms with Crippen LogP contribution in [0.1, 0.15) is 5.69 Å². The first-order chi connectivity index (χ1) is 12.2. The zero-order valence-electron chi connectivity index (χ0n) is 14.2. The van der Waals surface area contributed by atoms with Crippen molar-refractivity contribution in [3.05, 3.63) is 60.4 Å². The lowest BCUT2D eigenvalue weighted by Gasteiger charge is -2.12. The maximum absolute atomic E-state index is 6.03. The number of nitrogens with one attached hydrogen (secondary N) is 1. The Balaban J connectivity index is 1.80. The highest BCUT2D eigenvalue weighted by Gasteiger charge is 2.07. The van der Waals surface area contributed by atoms with Gasteiger partial charge in [0.1, 0.15) is 11.5 Å². The Morgan fingerprint density at radius 3 is 2.76 bits per heavy atom. The number of ether oxygens (including phenoxy) is 2. The number of aliphatic imine (C=N–C) groups is 1. The fraction of sp³-hybridized carbons (Fsp3) is 0.158. The summed E-state index contributed by atoms with van der Waals surface area (Å²) in [5, 5.41) is 5.25. The van der Waals surface area contributed by atoms with Gasteiger partial charge in [0.25, 0.3) is 0 Å². The molecular formula is C19H20N4O2. The molecule has 1 heterocycles. The van der Waals surface area contributed by atoms with E-state index in [-0.39, 0.29) is 5.96 Å². The highest BCUT2D eigenvalue weighted by atomic mass is 16.5. The molecule has 2 aromatic carbocycles. The lowest BCUT2D eigenvalue weighted by atomic mass is 10.1. The number of benzene rings is 2. The molecule has 0 amide bonds. The molecule has 0 saturated heterocycles. The van der Waals surface area contributed by atoms with Gasteiger partial charge in [0.05, 0.1) is 32.1 Å². The number of rotatable bonds is 5. The average Bonchev–Trinajstić information content (AvgIpc) is 2.66. The van der Waals surface area contributed by atoms with Gasteiger partial charge in [-0.15, -0.1) is 0 Å². The number of fused-ring (bicyclic) bond motifs is 1. The molecule has 0 aliphatic heterocycles. The largest absolute Gasteiger partial charge is 0.497 e. The predicted octanol–water partition coefficient (Wildman–Crippen LogP) is 3.18. The zero-order valence-corrected chi connectivity index (χ0v) is 14.2. The first-order valence-electron chi connectivity index (χ1n) is 7.83. The van der Waals surface area contributed by atoms with Crippen molar-refractivity contribution >= 4 is 22.4 Å². The molecule has 128 valence electrons. The highest BCUT2D eigenvalue weighted by Crippen LogP contribution is 2.28. The number of methoxy groups -OCH3 is 2. The van der Waals surface area contributed by atoms with Gasteiger partial charge in [-0.05, 0) is 23.6 Å². The van der Waals surface area contributed by atoms with Crippen LogP contribution in [0.2, 0.25) is 0 Å². The molecule has 3 rings (SSSR count). The van der Waals surface area contributed by atoms with Gasteiger partial charge >= 0.3 is 0 Å². The Hall–Kier alpha value is -3.28. The number of nitrogens with two attached hydrogens (primary N) is 1. The molecule has 3 aromatic rings. The van der Waals surface area contributed by atoms with Crippen molar-refractivity contribution in [2.45, 2.75) is 6.54 Å². The SMILES string of the molecule is COc1ccc(OC)c(NC(N)=NCc2nccc3ccccc23)c1. The van der Waals surface area contributed by atoms with Gasteiger partial charge < -0.3 is 20.5 Å². The number of anilines is 1. The Kier molecular flexibility index (Phi) is 4.99. The summed E-state index contributed by atoms with van der Waals surface area (Å²) in [7, 11) is 3.20. The van der Waals surface area contributed by atoms with Crippen LogP contribution in [-0.4, -0.2) is 25.2 Å². The van der Waals surface area contributed by atoms with E-state index in [9.17, 15) is 0 Å². The minimum absolute atomic E-state index is 0.279. The normalized spacial score (nSPS) is 11.4. The average molecular weight is 336 g/mol. The van der Waals surface area contributed by atoms with Gasteiger partial charge in [-0.1, -0.05) is 24.3 Å². The van der Waals surface area contributed by atoms with Crippen LogP contribution in [0, 0.1) is 0 Å². The number of pyridine rings is 1. The maximum Gasteiger partial charge on any atom is 0.193 e. The van der Waals surface area contributed by atoms with E-state index in [4.69, 9.17) is 15.2 Å². The van der Waals surface area contributed by atoms with E-state index in [2.05, 4.69) is 15.3 Å². The number of guanidine groups is 1. The smallest absolute Gasteiger partial charge is 0.193 e. The van der Waals surface area contributed by atoms with Gasteiger partial charge in [0.2, 0.25) is 0 Å². The summed E-state index contributed by atoms with van der Waals surface area (Å²) in [5.74, 6) is 1.63. The van der Waals surface area contributed by atoms with Gasteiger partial charge in [-0.2, -0.15) is 0 Å². The molecule has 1 aromatic heterocycles. The highest BCUT2D eigenvalue weighted by molar-refractivity contribution is 5.94. The first kappa shape index (κ1) is 16.6. The van der Waals surface area contributed by atoms with Crippen molar-refractivity contribution in [1.29, 1.82) is 0 Å². The molecule has 0 radical (unpaired) electrons. The van der Waals surface area contributed by atoms with Crippen LogP contribution < -0.4 is 20.5 Å². The second kappa shape index (κ2) is 7.53. The van der Waals surface area contributed by atoms with E-state index in [0.29, 0.717) is 23.7 Å². The lowest BCUT2D eigenvalue weighted by molar-refractivity contribution is 0.405. The third kappa shape index (κ3) is 3.80. The van der Waals surface area contributed by atoms with E-state index in [1.165, 1.54) is 0 Å². The fourth-order valence-electron chi connectivity index (χ4n) is 2.56. The lowest BCUT2D eigenvalue weighted by Crippen LogP contribution is -2.23. The van der Waals surface area contributed by atoms with Crippen LogP contribution >= 0.6 is 0 Å². The molecule has 0 unspecified atom stereocenters. The third-order valence-corrected chi connectivity index (χ3v) is 3.82. The second-order valence-corrected chi connectivity index (χ2v) is 5.37. The molecular weight excluding hydrogens is 316 g/mol. The van der Waals surface area contributed by atoms with E-state index < -0.39 is 0 Å². The molecule has 25 heavy (non-hydrogen) atoms. The minimum Gasteiger partial charge on any atom is -0.497 e. The Labute approximate surface area is 146 Å². The summed E-state index contributed by atoms with van der Waals surface area (Å²) in [6.45, 7) is 0.381. The molecule has 0 aliphatic rings. The van der Waals surface area contributed by atoms with Gasteiger partial charge in [0.15, 0.2) is 5.96 Å². The van der Waals surface area contributed by atoms with Gasteiger partial charge in [0, 0.05) is 17.6 Å². The maximum atomic E-state index is 6.03. The van der Waals surface area contributed by atoms with E-state index in [0.717, 1.165) is 16.5 Å². The summed E-state index contributed by atoms with van der Waals surface area (Å²) in [5.41, 5.74) is 7.59. The van der Waals surface area contributed by atoms with Crippen molar-refractivity contribution in [2.75, 3.05) is 19.5 Å². The van der Waals surface area contributed by atoms with Crippen LogP contribution in [0.15, 0.2) is 59.7 Å². The summed E-state index contributed by atoms with van der Waals surface area (Å²) >= 11 is 0.